The number of carbonyl (C=O) groups excluding carboxylic acids is 2. The number of benzene rings is 1. The molecule has 6 heteroatoms. The van der Waals surface area contributed by atoms with E-state index in [1.807, 2.05) is 6.07 Å². The number of amides is 2. The van der Waals surface area contributed by atoms with Crippen LogP contribution in [0.15, 0.2) is 23.2 Å². The fourth-order valence-corrected chi connectivity index (χ4v) is 3.48. The summed E-state index contributed by atoms with van der Waals surface area (Å²) >= 11 is 1.69. The summed E-state index contributed by atoms with van der Waals surface area (Å²) in [6.07, 6.45) is 2.14. The second-order valence-corrected chi connectivity index (χ2v) is 6.27. The number of anilines is 1. The van der Waals surface area contributed by atoms with Crippen molar-refractivity contribution < 1.29 is 9.59 Å². The smallest absolute Gasteiger partial charge is 0.261 e. The number of hydrogen-bond donors (Lipinski definition) is 1. The van der Waals surface area contributed by atoms with Gasteiger partial charge < -0.3 is 5.32 Å². The summed E-state index contributed by atoms with van der Waals surface area (Å²) in [5, 5.41) is 4.14. The maximum atomic E-state index is 12.0. The van der Waals surface area contributed by atoms with Crippen molar-refractivity contribution in [1.82, 2.24) is 4.90 Å². The zero-order valence-corrected chi connectivity index (χ0v) is 12.9. The van der Waals surface area contributed by atoms with Crippen molar-refractivity contribution in [3.63, 3.8) is 0 Å². The van der Waals surface area contributed by atoms with Gasteiger partial charge >= 0.3 is 0 Å². The standard InChI is InChI=1S/C15H17N3O2S/c1-3-9-6-7-21-15(16-9)17-10-4-5-11-12(8-10)14(20)18(2)13(11)19/h4-5,8-9H,3,6-7H2,1-2H3,(H,16,17). The Balaban J connectivity index is 1.84. The highest BCUT2D eigenvalue weighted by molar-refractivity contribution is 8.14. The minimum Gasteiger partial charge on any atom is -0.335 e. The Morgan fingerprint density at radius 1 is 1.33 bits per heavy atom. The monoisotopic (exact) mass is 303 g/mol. The average Bonchev–Trinajstić information content (AvgIpc) is 2.72. The van der Waals surface area contributed by atoms with Crippen molar-refractivity contribution in [3.05, 3.63) is 29.3 Å². The highest BCUT2D eigenvalue weighted by Gasteiger charge is 2.32. The van der Waals surface area contributed by atoms with Crippen LogP contribution in [0, 0.1) is 0 Å². The number of nitrogens with one attached hydrogen (secondary N) is 1. The molecule has 3 rings (SSSR count). The Bertz CT molecular complexity index is 642. The molecule has 2 aliphatic rings. The molecule has 21 heavy (non-hydrogen) atoms. The topological polar surface area (TPSA) is 61.8 Å². The van der Waals surface area contributed by atoms with E-state index in [4.69, 9.17) is 0 Å². The third-order valence-electron chi connectivity index (χ3n) is 3.80. The molecule has 110 valence electrons. The number of carbonyl (C=O) groups is 2. The van der Waals surface area contributed by atoms with E-state index in [0.717, 1.165) is 34.3 Å². The number of rotatable bonds is 2. The number of thioether (sulfide) groups is 1. The van der Waals surface area contributed by atoms with E-state index in [1.54, 1.807) is 23.9 Å². The molecule has 0 spiro atoms. The van der Waals surface area contributed by atoms with Crippen molar-refractivity contribution in [2.75, 3.05) is 18.1 Å². The van der Waals surface area contributed by atoms with Crippen LogP contribution >= 0.6 is 11.8 Å². The summed E-state index contributed by atoms with van der Waals surface area (Å²) in [7, 11) is 1.50. The van der Waals surface area contributed by atoms with Gasteiger partial charge in [0.05, 0.1) is 17.2 Å². The fraction of sp³-hybridized carbons (Fsp3) is 0.400. The molecule has 5 nitrogen and oxygen atoms in total. The van der Waals surface area contributed by atoms with E-state index in [9.17, 15) is 9.59 Å². The summed E-state index contributed by atoms with van der Waals surface area (Å²) < 4.78 is 0. The van der Waals surface area contributed by atoms with Gasteiger partial charge in [0.1, 0.15) is 0 Å². The van der Waals surface area contributed by atoms with E-state index < -0.39 is 0 Å². The van der Waals surface area contributed by atoms with E-state index in [0.29, 0.717) is 17.2 Å². The van der Waals surface area contributed by atoms with Gasteiger partial charge in [0.15, 0.2) is 5.17 Å². The van der Waals surface area contributed by atoms with Crippen LogP contribution in [0.3, 0.4) is 0 Å². The molecule has 1 unspecified atom stereocenters. The van der Waals surface area contributed by atoms with Gasteiger partial charge in [0, 0.05) is 18.5 Å². The number of hydrogen-bond acceptors (Lipinski definition) is 5. The average molecular weight is 303 g/mol. The second kappa shape index (κ2) is 5.52. The molecule has 2 aliphatic heterocycles. The molecule has 0 fully saturated rings. The number of amidine groups is 1. The van der Waals surface area contributed by atoms with Crippen molar-refractivity contribution in [3.8, 4) is 0 Å². The molecule has 0 saturated carbocycles. The molecule has 0 bridgehead atoms. The molecule has 2 heterocycles. The zero-order chi connectivity index (χ0) is 15.0. The van der Waals surface area contributed by atoms with Crippen LogP contribution in [0.25, 0.3) is 0 Å². The van der Waals surface area contributed by atoms with E-state index in [1.165, 1.54) is 7.05 Å². The number of fused-ring (bicyclic) bond motifs is 1. The molecule has 0 radical (unpaired) electrons. The largest absolute Gasteiger partial charge is 0.335 e. The van der Waals surface area contributed by atoms with Crippen molar-refractivity contribution in [2.24, 2.45) is 4.99 Å². The van der Waals surface area contributed by atoms with E-state index >= 15 is 0 Å². The van der Waals surface area contributed by atoms with Crippen LogP contribution in [0.4, 0.5) is 5.69 Å². The van der Waals surface area contributed by atoms with E-state index in [2.05, 4.69) is 17.2 Å². The third kappa shape index (κ3) is 2.55. The quantitative estimate of drug-likeness (QED) is 0.853. The first kappa shape index (κ1) is 14.1. The summed E-state index contributed by atoms with van der Waals surface area (Å²) in [6.45, 7) is 2.14. The lowest BCUT2D eigenvalue weighted by molar-refractivity contribution is 0.0693. The molecule has 1 aromatic carbocycles. The first-order valence-electron chi connectivity index (χ1n) is 7.04. The summed E-state index contributed by atoms with van der Waals surface area (Å²) in [5.74, 6) is 0.565. The summed E-state index contributed by atoms with van der Waals surface area (Å²) in [5.41, 5.74) is 1.73. The lowest BCUT2D eigenvalue weighted by atomic mass is 10.1. The summed E-state index contributed by atoms with van der Waals surface area (Å²) in [6, 6.07) is 5.63. The van der Waals surface area contributed by atoms with Gasteiger partial charge in [-0.25, -0.2) is 0 Å². The molecule has 0 saturated heterocycles. The van der Waals surface area contributed by atoms with Gasteiger partial charge in [0.25, 0.3) is 11.8 Å². The molecule has 1 aromatic rings. The lowest BCUT2D eigenvalue weighted by Crippen LogP contribution is -2.24. The highest BCUT2D eigenvalue weighted by atomic mass is 32.2. The molecular formula is C15H17N3O2S. The predicted molar refractivity (Wildman–Crippen MR) is 85.1 cm³/mol. The zero-order valence-electron chi connectivity index (χ0n) is 12.0. The maximum Gasteiger partial charge on any atom is 0.261 e. The third-order valence-corrected chi connectivity index (χ3v) is 4.72. The Kier molecular flexibility index (Phi) is 3.71. The van der Waals surface area contributed by atoms with Crippen LogP contribution in [-0.4, -0.2) is 40.7 Å². The van der Waals surface area contributed by atoms with Gasteiger partial charge in [-0.3, -0.25) is 19.5 Å². The first-order valence-corrected chi connectivity index (χ1v) is 8.02. The van der Waals surface area contributed by atoms with Crippen molar-refractivity contribution in [1.29, 1.82) is 0 Å². The maximum absolute atomic E-state index is 12.0. The Morgan fingerprint density at radius 2 is 2.10 bits per heavy atom. The van der Waals surface area contributed by atoms with Crippen molar-refractivity contribution in [2.45, 2.75) is 25.8 Å². The predicted octanol–water partition coefficient (Wildman–Crippen LogP) is 2.60. The molecule has 2 amide bonds. The number of imide groups is 1. The van der Waals surface area contributed by atoms with Crippen LogP contribution in [0.1, 0.15) is 40.5 Å². The van der Waals surface area contributed by atoms with Gasteiger partial charge in [-0.15, -0.1) is 0 Å². The van der Waals surface area contributed by atoms with Crippen LogP contribution in [0.5, 0.6) is 0 Å². The van der Waals surface area contributed by atoms with Crippen molar-refractivity contribution >= 4 is 34.4 Å². The minimum atomic E-state index is -0.247. The van der Waals surface area contributed by atoms with Crippen LogP contribution in [0.2, 0.25) is 0 Å². The first-order chi connectivity index (χ1) is 10.1. The minimum absolute atomic E-state index is 0.239. The van der Waals surface area contributed by atoms with Crippen LogP contribution < -0.4 is 5.32 Å². The second-order valence-electron chi connectivity index (χ2n) is 5.19. The Labute approximate surface area is 127 Å². The van der Waals surface area contributed by atoms with Crippen LogP contribution in [-0.2, 0) is 0 Å². The van der Waals surface area contributed by atoms with Gasteiger partial charge in [-0.05, 0) is 31.0 Å². The molecule has 0 aromatic heterocycles. The lowest BCUT2D eigenvalue weighted by Gasteiger charge is -2.19. The number of nitrogens with zero attached hydrogens (tertiary/aromatic N) is 2. The number of aliphatic imine (C=N–C) groups is 1. The fourth-order valence-electron chi connectivity index (χ4n) is 2.49. The molecule has 0 aliphatic carbocycles. The molecule has 1 N–H and O–H groups in total. The normalized spacial score (nSPS) is 21.3. The Morgan fingerprint density at radius 3 is 2.86 bits per heavy atom. The Hall–Kier alpha value is -1.82. The molecular weight excluding hydrogens is 286 g/mol. The molecule has 1 atom stereocenters. The highest BCUT2D eigenvalue weighted by Crippen LogP contribution is 2.26. The van der Waals surface area contributed by atoms with E-state index in [-0.39, 0.29) is 11.8 Å². The van der Waals surface area contributed by atoms with Gasteiger partial charge in [-0.2, -0.15) is 0 Å². The van der Waals surface area contributed by atoms with Gasteiger partial charge in [0.2, 0.25) is 0 Å². The summed E-state index contributed by atoms with van der Waals surface area (Å²) in [4.78, 5) is 29.6. The SMILES string of the molecule is CCC1CCSC(Nc2ccc3c(c2)C(=O)N(C)C3=O)=N1. The van der Waals surface area contributed by atoms with Gasteiger partial charge in [-0.1, -0.05) is 18.7 Å².